The van der Waals surface area contributed by atoms with Crippen molar-refractivity contribution in [3.05, 3.63) is 96.2 Å². The molecule has 0 atom stereocenters. The van der Waals surface area contributed by atoms with Crippen molar-refractivity contribution in [2.24, 2.45) is 0 Å². The molecule has 62 heavy (non-hydrogen) atoms. The Balaban J connectivity index is 0.960. The van der Waals surface area contributed by atoms with E-state index >= 15 is 0 Å². The summed E-state index contributed by atoms with van der Waals surface area (Å²) in [6.45, 7) is 15.2. The Morgan fingerprint density at radius 2 is 0.855 bits per heavy atom. The van der Waals surface area contributed by atoms with Crippen LogP contribution < -0.4 is 53.2 Å². The second-order valence-electron chi connectivity index (χ2n) is 16.5. The molecule has 334 valence electrons. The van der Waals surface area contributed by atoms with Crippen LogP contribution in [0.4, 0.5) is 11.4 Å². The number of hydrogen-bond donors (Lipinski definition) is 10. The van der Waals surface area contributed by atoms with Crippen molar-refractivity contribution in [1.29, 1.82) is 0 Å². The Morgan fingerprint density at radius 3 is 1.21 bits per heavy atom. The van der Waals surface area contributed by atoms with Crippen molar-refractivity contribution in [1.82, 2.24) is 52.3 Å². The molecule has 5 heterocycles. The number of carbonyl (C=O) groups is 5. The number of benzene rings is 2. The number of anilines is 2. The number of amides is 5. The maximum Gasteiger partial charge on any atom is 0.253 e. The first-order chi connectivity index (χ1) is 30.1. The Morgan fingerprint density at radius 1 is 0.516 bits per heavy atom. The molecule has 17 nitrogen and oxygen atoms in total. The summed E-state index contributed by atoms with van der Waals surface area (Å²) in [7, 11) is 0. The molecule has 3 saturated heterocycles. The average molecular weight is 853 g/mol. The fourth-order valence-corrected chi connectivity index (χ4v) is 7.87. The van der Waals surface area contributed by atoms with Crippen molar-refractivity contribution in [3.63, 3.8) is 0 Å². The maximum absolute atomic E-state index is 12.6. The maximum atomic E-state index is 12.6. The highest BCUT2D eigenvalue weighted by molar-refractivity contribution is 6.12. The molecule has 5 aliphatic rings. The van der Waals surface area contributed by atoms with Gasteiger partial charge in [-0.05, 0) is 54.3 Å². The summed E-state index contributed by atoms with van der Waals surface area (Å²) >= 11 is 0. The summed E-state index contributed by atoms with van der Waals surface area (Å²) in [5, 5.41) is 35.9. The molecule has 0 spiro atoms. The highest BCUT2D eigenvalue weighted by atomic mass is 16.2. The SMILES string of the molecule is C=C1C=CC(=O)N1CCCC(=O)Nc1ccc(CNC23CNCCNCC(NCc4ccc(NC(=O)CCCN5C(=O)C=CC5=O)cc4)(CNCCNC2)CNCCNC3)cc1. The van der Waals surface area contributed by atoms with Crippen LogP contribution in [0.25, 0.3) is 0 Å². The summed E-state index contributed by atoms with van der Waals surface area (Å²) in [5.41, 5.74) is 3.76. The topological polar surface area (TPSA) is 212 Å². The standard InChI is InChI=1S/C45H64N12O5/c1-34-6-15-41(60)56(34)24-2-4-39(58)54-37-11-7-35(8-12-37)26-52-44-28-46-18-21-49-31-45(32-50-22-19-47-29-44,33-51-23-20-48-30-44)53-27-36-9-13-38(14-10-36)55-40(59)5-3-25-57-42(61)16-17-43(57)62/h6-17,46-53H,1-5,18-33H2,(H,54,58)(H,55,59). The van der Waals surface area contributed by atoms with Crippen LogP contribution in [0.15, 0.2) is 85.1 Å². The number of imide groups is 1. The van der Waals surface area contributed by atoms with Gasteiger partial charge in [0.1, 0.15) is 0 Å². The number of carbonyl (C=O) groups excluding carboxylic acids is 5. The van der Waals surface area contributed by atoms with Gasteiger partial charge < -0.3 is 58.1 Å². The van der Waals surface area contributed by atoms with E-state index in [9.17, 15) is 24.0 Å². The molecule has 10 N–H and O–H groups in total. The van der Waals surface area contributed by atoms with Crippen LogP contribution in [-0.4, -0.2) is 142 Å². The van der Waals surface area contributed by atoms with Crippen LogP contribution in [-0.2, 0) is 37.1 Å². The third-order valence-electron chi connectivity index (χ3n) is 11.5. The Bertz CT molecular complexity index is 1700. The number of allylic oxidation sites excluding steroid dienone is 1. The first-order valence-electron chi connectivity index (χ1n) is 21.9. The second kappa shape index (κ2) is 23.4. The van der Waals surface area contributed by atoms with Crippen LogP contribution in [0.3, 0.4) is 0 Å². The Hall–Kier alpha value is -5.11. The number of nitrogens with one attached hydrogen (secondary N) is 10. The van der Waals surface area contributed by atoms with E-state index in [1.54, 1.807) is 11.0 Å². The quantitative estimate of drug-likeness (QED) is 0.100. The summed E-state index contributed by atoms with van der Waals surface area (Å²) in [5.74, 6) is -1.01. The lowest BCUT2D eigenvalue weighted by atomic mass is 9.96. The fourth-order valence-electron chi connectivity index (χ4n) is 7.87. The summed E-state index contributed by atoms with van der Waals surface area (Å²) in [4.78, 5) is 63.3. The van der Waals surface area contributed by atoms with Gasteiger partial charge in [-0.15, -0.1) is 0 Å². The van der Waals surface area contributed by atoms with Gasteiger partial charge in [0, 0.05) is 153 Å². The third kappa shape index (κ3) is 14.2. The van der Waals surface area contributed by atoms with E-state index in [2.05, 4.69) is 59.7 Å². The van der Waals surface area contributed by atoms with Crippen LogP contribution in [0.5, 0.6) is 0 Å². The number of fused-ring (bicyclic) bond motifs is 15. The largest absolute Gasteiger partial charge is 0.326 e. The average Bonchev–Trinajstić information content (AvgIpc) is 3.77. The molecule has 3 fully saturated rings. The zero-order valence-corrected chi connectivity index (χ0v) is 35.7. The van der Waals surface area contributed by atoms with E-state index in [1.807, 2.05) is 48.5 Å². The number of nitrogens with zero attached hydrogens (tertiary/aromatic N) is 2. The molecule has 0 saturated carbocycles. The lowest BCUT2D eigenvalue weighted by Crippen LogP contribution is -2.66. The molecule has 0 aliphatic carbocycles. The molecule has 2 aromatic carbocycles. The minimum Gasteiger partial charge on any atom is -0.326 e. The normalized spacial score (nSPS) is 22.8. The van der Waals surface area contributed by atoms with Gasteiger partial charge in [0.05, 0.1) is 11.1 Å². The van der Waals surface area contributed by atoms with E-state index < -0.39 is 0 Å². The molecule has 17 heteroatoms. The molecular weight excluding hydrogens is 789 g/mol. The lowest BCUT2D eigenvalue weighted by molar-refractivity contribution is -0.137. The Kier molecular flexibility index (Phi) is 17.5. The molecule has 2 bridgehead atoms. The number of rotatable bonds is 16. The minimum absolute atomic E-state index is 0.0863. The van der Waals surface area contributed by atoms with Gasteiger partial charge in [-0.25, -0.2) is 0 Å². The molecule has 0 unspecified atom stereocenters. The fraction of sp³-hybridized carbons (Fsp3) is 0.489. The van der Waals surface area contributed by atoms with Crippen molar-refractivity contribution in [2.45, 2.75) is 49.9 Å². The van der Waals surface area contributed by atoms with Gasteiger partial charge in [0.2, 0.25) is 11.8 Å². The summed E-state index contributed by atoms with van der Waals surface area (Å²) in [6, 6.07) is 15.8. The minimum atomic E-state index is -0.336. The molecule has 5 amide bonds. The van der Waals surface area contributed by atoms with E-state index in [4.69, 9.17) is 0 Å². The summed E-state index contributed by atoms with van der Waals surface area (Å²) in [6.07, 6.45) is 7.17. The predicted octanol–water partition coefficient (Wildman–Crippen LogP) is -0.117. The van der Waals surface area contributed by atoms with E-state index in [-0.39, 0.29) is 53.6 Å². The molecule has 2 aromatic rings. The molecule has 0 radical (unpaired) electrons. The van der Waals surface area contributed by atoms with Crippen LogP contribution >= 0.6 is 0 Å². The summed E-state index contributed by atoms with van der Waals surface area (Å²) < 4.78 is 0. The van der Waals surface area contributed by atoms with E-state index in [0.717, 1.165) is 100 Å². The monoisotopic (exact) mass is 853 g/mol. The molecule has 7 rings (SSSR count). The van der Waals surface area contributed by atoms with Crippen LogP contribution in [0.1, 0.15) is 36.8 Å². The predicted molar refractivity (Wildman–Crippen MR) is 241 cm³/mol. The van der Waals surface area contributed by atoms with Gasteiger partial charge in [-0.1, -0.05) is 30.8 Å². The van der Waals surface area contributed by atoms with Crippen LogP contribution in [0, 0.1) is 0 Å². The Labute approximate surface area is 364 Å². The van der Waals surface area contributed by atoms with Crippen molar-refractivity contribution < 1.29 is 24.0 Å². The smallest absolute Gasteiger partial charge is 0.253 e. The van der Waals surface area contributed by atoms with Gasteiger partial charge in [0.25, 0.3) is 17.7 Å². The van der Waals surface area contributed by atoms with E-state index in [1.165, 1.54) is 18.2 Å². The van der Waals surface area contributed by atoms with Gasteiger partial charge in [-0.2, -0.15) is 0 Å². The lowest BCUT2D eigenvalue weighted by Gasteiger charge is -2.39. The van der Waals surface area contributed by atoms with Gasteiger partial charge in [0.15, 0.2) is 0 Å². The molecule has 5 aliphatic heterocycles. The molecular formula is C45H64N12O5. The highest BCUT2D eigenvalue weighted by Crippen LogP contribution is 2.17. The van der Waals surface area contributed by atoms with Gasteiger partial charge in [-0.3, -0.25) is 28.9 Å². The number of hydrogen-bond acceptors (Lipinski definition) is 13. The first kappa shape index (κ1) is 46.4. The van der Waals surface area contributed by atoms with E-state index in [0.29, 0.717) is 50.3 Å². The first-order valence-corrected chi connectivity index (χ1v) is 21.9. The molecule has 0 aromatic heterocycles. The van der Waals surface area contributed by atoms with Crippen LogP contribution in [0.2, 0.25) is 0 Å². The zero-order valence-electron chi connectivity index (χ0n) is 35.7. The second-order valence-corrected chi connectivity index (χ2v) is 16.5. The zero-order chi connectivity index (χ0) is 43.6. The van der Waals surface area contributed by atoms with Crippen molar-refractivity contribution >= 4 is 40.9 Å². The third-order valence-corrected chi connectivity index (χ3v) is 11.5. The highest BCUT2D eigenvalue weighted by Gasteiger charge is 2.32. The van der Waals surface area contributed by atoms with Crippen molar-refractivity contribution in [2.75, 3.05) is 102 Å². The van der Waals surface area contributed by atoms with Gasteiger partial charge >= 0.3 is 0 Å². The van der Waals surface area contributed by atoms with Crippen molar-refractivity contribution in [3.8, 4) is 0 Å².